The van der Waals surface area contributed by atoms with E-state index >= 15 is 0 Å². The number of rotatable bonds is 4. The first-order valence-electron chi connectivity index (χ1n) is 7.95. The van der Waals surface area contributed by atoms with Gasteiger partial charge in [-0.3, -0.25) is 4.79 Å². The number of alkyl halides is 3. The lowest BCUT2D eigenvalue weighted by atomic mass is 9.96. The quantitative estimate of drug-likeness (QED) is 0.857. The zero-order chi connectivity index (χ0) is 17.0. The Hall–Kier alpha value is -1.27. The van der Waals surface area contributed by atoms with Crippen molar-refractivity contribution in [3.63, 3.8) is 0 Å². The summed E-state index contributed by atoms with van der Waals surface area (Å²) in [5, 5.41) is 6.33. The number of piperidine rings is 1. The highest BCUT2D eigenvalue weighted by molar-refractivity contribution is 5.85. The van der Waals surface area contributed by atoms with Gasteiger partial charge in [-0.25, -0.2) is 0 Å². The lowest BCUT2D eigenvalue weighted by Gasteiger charge is -2.29. The molecule has 7 heteroatoms. The Morgan fingerprint density at radius 2 is 2.12 bits per heavy atom. The van der Waals surface area contributed by atoms with Crippen LogP contribution in [-0.2, 0) is 17.4 Å². The molecule has 136 valence electrons. The zero-order valence-corrected chi connectivity index (χ0v) is 14.6. The lowest BCUT2D eigenvalue weighted by molar-refractivity contribution is -0.137. The maximum Gasteiger partial charge on any atom is 0.416 e. The molecule has 0 spiro atoms. The average molecular weight is 365 g/mol. The molecule has 1 saturated heterocycles. The third-order valence-corrected chi connectivity index (χ3v) is 4.21. The van der Waals surface area contributed by atoms with E-state index in [9.17, 15) is 18.0 Å². The summed E-state index contributed by atoms with van der Waals surface area (Å²) < 4.78 is 38.2. The van der Waals surface area contributed by atoms with Crippen LogP contribution in [0.25, 0.3) is 0 Å². The minimum absolute atomic E-state index is 0. The number of hydrogen-bond donors (Lipinski definition) is 2. The molecule has 0 aliphatic carbocycles. The van der Waals surface area contributed by atoms with Crippen LogP contribution in [0.3, 0.4) is 0 Å². The van der Waals surface area contributed by atoms with E-state index in [1.165, 1.54) is 6.07 Å². The second-order valence-electron chi connectivity index (χ2n) is 6.39. The molecule has 0 aromatic heterocycles. The van der Waals surface area contributed by atoms with Gasteiger partial charge in [0.15, 0.2) is 0 Å². The van der Waals surface area contributed by atoms with Crippen LogP contribution < -0.4 is 10.6 Å². The van der Waals surface area contributed by atoms with E-state index in [1.54, 1.807) is 13.0 Å². The molecule has 1 amide bonds. The van der Waals surface area contributed by atoms with Gasteiger partial charge in [0.05, 0.1) is 5.56 Å². The number of benzene rings is 1. The topological polar surface area (TPSA) is 41.1 Å². The molecule has 3 nitrogen and oxygen atoms in total. The fraction of sp³-hybridized carbons (Fsp3) is 0.588. The minimum Gasteiger partial charge on any atom is -0.353 e. The molecule has 0 radical (unpaired) electrons. The predicted molar refractivity (Wildman–Crippen MR) is 90.2 cm³/mol. The molecule has 1 aliphatic rings. The van der Waals surface area contributed by atoms with Gasteiger partial charge in [-0.15, -0.1) is 12.4 Å². The van der Waals surface area contributed by atoms with Gasteiger partial charge in [-0.2, -0.15) is 13.2 Å². The molecule has 0 bridgehead atoms. The molecule has 2 rings (SSSR count). The molecule has 1 aromatic carbocycles. The predicted octanol–water partition coefficient (Wildman–Crippen LogP) is 3.56. The standard InChI is InChI=1S/C17H23F3N2O.ClH/c1-11(16(23)22-15-6-7-21-12(2)9-15)8-13-4-3-5-14(10-13)17(18,19)20;/h3-5,10-12,15,21H,6-9H2,1-2H3,(H,22,23);1H. The normalized spacial score (nSPS) is 22.4. The molecular weight excluding hydrogens is 341 g/mol. The monoisotopic (exact) mass is 364 g/mol. The summed E-state index contributed by atoms with van der Waals surface area (Å²) in [6.45, 7) is 4.69. The van der Waals surface area contributed by atoms with Crippen LogP contribution in [0.5, 0.6) is 0 Å². The van der Waals surface area contributed by atoms with Crippen molar-refractivity contribution in [2.24, 2.45) is 5.92 Å². The third-order valence-electron chi connectivity index (χ3n) is 4.21. The molecule has 0 saturated carbocycles. The fourth-order valence-corrected chi connectivity index (χ4v) is 2.93. The summed E-state index contributed by atoms with van der Waals surface area (Å²) in [4.78, 5) is 12.3. The Labute approximate surface area is 146 Å². The van der Waals surface area contributed by atoms with Crippen LogP contribution in [0, 0.1) is 5.92 Å². The molecule has 1 fully saturated rings. The maximum absolute atomic E-state index is 12.7. The van der Waals surface area contributed by atoms with Gasteiger partial charge in [-0.05, 0) is 44.4 Å². The largest absolute Gasteiger partial charge is 0.416 e. The van der Waals surface area contributed by atoms with Crippen molar-refractivity contribution in [3.05, 3.63) is 35.4 Å². The summed E-state index contributed by atoms with van der Waals surface area (Å²) in [6, 6.07) is 5.69. The molecule has 3 atom stereocenters. The third kappa shape index (κ3) is 5.98. The summed E-state index contributed by atoms with van der Waals surface area (Å²) in [5.74, 6) is -0.454. The Morgan fingerprint density at radius 3 is 2.75 bits per heavy atom. The highest BCUT2D eigenvalue weighted by atomic mass is 35.5. The first-order valence-corrected chi connectivity index (χ1v) is 7.95. The summed E-state index contributed by atoms with van der Waals surface area (Å²) in [5.41, 5.74) is -0.143. The molecule has 1 aliphatic heterocycles. The Morgan fingerprint density at radius 1 is 1.42 bits per heavy atom. The Balaban J connectivity index is 0.00000288. The van der Waals surface area contributed by atoms with Crippen molar-refractivity contribution in [1.82, 2.24) is 10.6 Å². The van der Waals surface area contributed by atoms with Gasteiger partial charge >= 0.3 is 6.18 Å². The number of amides is 1. The van der Waals surface area contributed by atoms with Crippen molar-refractivity contribution < 1.29 is 18.0 Å². The van der Waals surface area contributed by atoms with Crippen LogP contribution in [0.1, 0.15) is 37.8 Å². The molecule has 3 unspecified atom stereocenters. The number of carbonyl (C=O) groups excluding carboxylic acids is 1. The van der Waals surface area contributed by atoms with Crippen LogP contribution in [0.2, 0.25) is 0 Å². The van der Waals surface area contributed by atoms with E-state index in [2.05, 4.69) is 17.6 Å². The molecule has 24 heavy (non-hydrogen) atoms. The number of carbonyl (C=O) groups is 1. The Kier molecular flexibility index (Phi) is 7.55. The van der Waals surface area contributed by atoms with E-state index in [0.717, 1.165) is 31.5 Å². The van der Waals surface area contributed by atoms with Gasteiger partial charge in [0.25, 0.3) is 0 Å². The van der Waals surface area contributed by atoms with Gasteiger partial charge in [0, 0.05) is 18.0 Å². The number of nitrogens with one attached hydrogen (secondary N) is 2. The average Bonchev–Trinajstić information content (AvgIpc) is 2.46. The molecule has 1 heterocycles. The highest BCUT2D eigenvalue weighted by Crippen LogP contribution is 2.30. The fourth-order valence-electron chi connectivity index (χ4n) is 2.93. The first-order chi connectivity index (χ1) is 10.8. The van der Waals surface area contributed by atoms with Crippen molar-refractivity contribution in [3.8, 4) is 0 Å². The van der Waals surface area contributed by atoms with Gasteiger partial charge in [0.1, 0.15) is 0 Å². The van der Waals surface area contributed by atoms with E-state index in [1.807, 2.05) is 0 Å². The summed E-state index contributed by atoms with van der Waals surface area (Å²) >= 11 is 0. The van der Waals surface area contributed by atoms with E-state index in [-0.39, 0.29) is 30.3 Å². The number of halogens is 4. The van der Waals surface area contributed by atoms with E-state index in [0.29, 0.717) is 18.0 Å². The van der Waals surface area contributed by atoms with E-state index < -0.39 is 11.7 Å². The summed E-state index contributed by atoms with van der Waals surface area (Å²) in [7, 11) is 0. The van der Waals surface area contributed by atoms with Crippen LogP contribution >= 0.6 is 12.4 Å². The summed E-state index contributed by atoms with van der Waals surface area (Å²) in [6.07, 6.45) is -2.29. The SMILES string of the molecule is CC1CC(NC(=O)C(C)Cc2cccc(C(F)(F)F)c2)CCN1.Cl. The van der Waals surface area contributed by atoms with Gasteiger partial charge < -0.3 is 10.6 Å². The smallest absolute Gasteiger partial charge is 0.353 e. The Bertz CT molecular complexity index is 551. The number of hydrogen-bond acceptors (Lipinski definition) is 2. The molecule has 2 N–H and O–H groups in total. The van der Waals surface area contributed by atoms with E-state index in [4.69, 9.17) is 0 Å². The zero-order valence-electron chi connectivity index (χ0n) is 13.8. The lowest BCUT2D eigenvalue weighted by Crippen LogP contribution is -2.48. The molecule has 1 aromatic rings. The van der Waals surface area contributed by atoms with Crippen molar-refractivity contribution in [1.29, 1.82) is 0 Å². The molecular formula is C17H24ClF3N2O. The van der Waals surface area contributed by atoms with Crippen molar-refractivity contribution in [2.45, 2.75) is 51.4 Å². The highest BCUT2D eigenvalue weighted by Gasteiger charge is 2.30. The van der Waals surface area contributed by atoms with Crippen LogP contribution in [0.15, 0.2) is 24.3 Å². The van der Waals surface area contributed by atoms with Crippen molar-refractivity contribution in [2.75, 3.05) is 6.54 Å². The van der Waals surface area contributed by atoms with Crippen molar-refractivity contribution >= 4 is 18.3 Å². The van der Waals surface area contributed by atoms with Crippen LogP contribution in [-0.4, -0.2) is 24.5 Å². The maximum atomic E-state index is 12.7. The van der Waals surface area contributed by atoms with Gasteiger partial charge in [-0.1, -0.05) is 25.1 Å². The second kappa shape index (κ2) is 8.72. The minimum atomic E-state index is -4.35. The van der Waals surface area contributed by atoms with Crippen LogP contribution in [0.4, 0.5) is 13.2 Å². The second-order valence-corrected chi connectivity index (χ2v) is 6.39. The first kappa shape index (κ1) is 20.8. The van der Waals surface area contributed by atoms with Gasteiger partial charge in [0.2, 0.25) is 5.91 Å².